The third-order valence-corrected chi connectivity index (χ3v) is 3.71. The Morgan fingerprint density at radius 3 is 2.07 bits per heavy atom. The fourth-order valence-electron chi connectivity index (χ4n) is 2.33. The standard InChI is InChI=1S/C17H13F6N3O4/c1-30-14-7-12(26(28)29)2-3-13(14)25-15(27)8-24-11-5-9(16(18,19)20)4-10(6-11)17(21,22)23/h2-7,24H,8H2,1H3,(H,25,27). The van der Waals surface area contributed by atoms with Crippen LogP contribution in [0.15, 0.2) is 36.4 Å². The zero-order valence-corrected chi connectivity index (χ0v) is 15.0. The third-order valence-electron chi connectivity index (χ3n) is 3.71. The molecule has 0 heterocycles. The Balaban J connectivity index is 2.17. The number of benzene rings is 2. The fraction of sp³-hybridized carbons (Fsp3) is 0.235. The van der Waals surface area contributed by atoms with Crippen molar-refractivity contribution in [1.29, 1.82) is 0 Å². The summed E-state index contributed by atoms with van der Waals surface area (Å²) in [5, 5.41) is 15.2. The molecule has 0 aliphatic carbocycles. The lowest BCUT2D eigenvalue weighted by molar-refractivity contribution is -0.384. The number of nitrogens with one attached hydrogen (secondary N) is 2. The number of halogens is 6. The van der Waals surface area contributed by atoms with Crippen LogP contribution in [0.5, 0.6) is 5.75 Å². The lowest BCUT2D eigenvalue weighted by Crippen LogP contribution is -2.22. The summed E-state index contributed by atoms with van der Waals surface area (Å²) in [6.07, 6.45) is -10.0. The van der Waals surface area contributed by atoms with E-state index in [2.05, 4.69) is 10.6 Å². The van der Waals surface area contributed by atoms with Crippen LogP contribution in [-0.4, -0.2) is 24.5 Å². The number of methoxy groups -OCH3 is 1. The van der Waals surface area contributed by atoms with Crippen LogP contribution >= 0.6 is 0 Å². The van der Waals surface area contributed by atoms with Gasteiger partial charge in [0.05, 0.1) is 41.5 Å². The molecule has 0 saturated heterocycles. The highest BCUT2D eigenvalue weighted by Crippen LogP contribution is 2.37. The Kier molecular flexibility index (Phi) is 6.43. The minimum Gasteiger partial charge on any atom is -0.494 e. The normalized spacial score (nSPS) is 11.7. The first kappa shape index (κ1) is 22.8. The summed E-state index contributed by atoms with van der Waals surface area (Å²) in [4.78, 5) is 22.1. The summed E-state index contributed by atoms with van der Waals surface area (Å²) in [7, 11) is 1.19. The minimum absolute atomic E-state index is 0.0231. The average Bonchev–Trinajstić information content (AvgIpc) is 2.65. The van der Waals surface area contributed by atoms with E-state index in [4.69, 9.17) is 4.74 Å². The van der Waals surface area contributed by atoms with Gasteiger partial charge in [0.15, 0.2) is 0 Å². The Bertz CT molecular complexity index is 927. The molecule has 0 atom stereocenters. The predicted molar refractivity (Wildman–Crippen MR) is 93.2 cm³/mol. The zero-order chi connectivity index (χ0) is 22.7. The minimum atomic E-state index is -5.02. The van der Waals surface area contributed by atoms with E-state index in [0.29, 0.717) is 12.1 Å². The molecular formula is C17H13F6N3O4. The van der Waals surface area contributed by atoms with Gasteiger partial charge in [-0.05, 0) is 24.3 Å². The van der Waals surface area contributed by atoms with E-state index in [1.165, 1.54) is 13.2 Å². The van der Waals surface area contributed by atoms with Gasteiger partial charge in [0.25, 0.3) is 5.69 Å². The molecule has 30 heavy (non-hydrogen) atoms. The van der Waals surface area contributed by atoms with Crippen LogP contribution in [0.3, 0.4) is 0 Å². The van der Waals surface area contributed by atoms with E-state index in [1.807, 2.05) is 0 Å². The number of amides is 1. The van der Waals surface area contributed by atoms with Gasteiger partial charge >= 0.3 is 12.4 Å². The Morgan fingerprint density at radius 2 is 1.60 bits per heavy atom. The maximum atomic E-state index is 12.9. The van der Waals surface area contributed by atoms with Crippen molar-refractivity contribution in [3.05, 3.63) is 57.6 Å². The molecule has 0 unspecified atom stereocenters. The van der Waals surface area contributed by atoms with Crippen molar-refractivity contribution in [3.8, 4) is 5.75 Å². The number of hydrogen-bond donors (Lipinski definition) is 2. The smallest absolute Gasteiger partial charge is 0.416 e. The highest BCUT2D eigenvalue weighted by atomic mass is 19.4. The van der Waals surface area contributed by atoms with E-state index in [0.717, 1.165) is 12.1 Å². The van der Waals surface area contributed by atoms with Crippen molar-refractivity contribution in [2.24, 2.45) is 0 Å². The number of nitrogens with zero attached hydrogens (tertiary/aromatic N) is 1. The molecule has 2 aromatic rings. The summed E-state index contributed by atoms with van der Waals surface area (Å²) >= 11 is 0. The monoisotopic (exact) mass is 437 g/mol. The van der Waals surface area contributed by atoms with Crippen molar-refractivity contribution in [1.82, 2.24) is 0 Å². The lowest BCUT2D eigenvalue weighted by Gasteiger charge is -2.15. The van der Waals surface area contributed by atoms with E-state index in [1.54, 1.807) is 0 Å². The van der Waals surface area contributed by atoms with Gasteiger partial charge in [0.1, 0.15) is 5.75 Å². The molecule has 0 fully saturated rings. The van der Waals surface area contributed by atoms with E-state index < -0.39 is 46.5 Å². The maximum absolute atomic E-state index is 12.9. The molecule has 13 heteroatoms. The number of anilines is 2. The van der Waals surface area contributed by atoms with Gasteiger partial charge in [-0.2, -0.15) is 26.3 Å². The number of nitro groups is 1. The molecule has 0 aromatic heterocycles. The van der Waals surface area contributed by atoms with E-state index in [-0.39, 0.29) is 23.2 Å². The van der Waals surface area contributed by atoms with Crippen molar-refractivity contribution in [2.75, 3.05) is 24.3 Å². The van der Waals surface area contributed by atoms with E-state index in [9.17, 15) is 41.3 Å². The summed E-state index contributed by atoms with van der Waals surface area (Å²) < 4.78 is 82.1. The van der Waals surface area contributed by atoms with Crippen LogP contribution in [0.2, 0.25) is 0 Å². The van der Waals surface area contributed by atoms with Gasteiger partial charge < -0.3 is 15.4 Å². The number of nitro benzene ring substituents is 1. The first-order valence-corrected chi connectivity index (χ1v) is 7.97. The molecule has 1 amide bonds. The number of carbonyl (C=O) groups excluding carboxylic acids is 1. The Labute approximate surface area is 164 Å². The largest absolute Gasteiger partial charge is 0.494 e. The van der Waals surface area contributed by atoms with Crippen molar-refractivity contribution in [2.45, 2.75) is 12.4 Å². The summed E-state index contributed by atoms with van der Waals surface area (Å²) in [6, 6.07) is 4.12. The number of hydrogen-bond acceptors (Lipinski definition) is 5. The molecule has 2 rings (SSSR count). The van der Waals surface area contributed by atoms with Gasteiger partial charge in [-0.15, -0.1) is 0 Å². The second-order valence-electron chi connectivity index (χ2n) is 5.84. The molecule has 162 valence electrons. The quantitative estimate of drug-likeness (QED) is 0.389. The number of ether oxygens (including phenoxy) is 1. The number of rotatable bonds is 6. The van der Waals surface area contributed by atoms with Crippen LogP contribution in [0.4, 0.5) is 43.4 Å². The average molecular weight is 437 g/mol. The number of carbonyl (C=O) groups is 1. The Morgan fingerprint density at radius 1 is 1.03 bits per heavy atom. The van der Waals surface area contributed by atoms with Crippen LogP contribution < -0.4 is 15.4 Å². The predicted octanol–water partition coefficient (Wildman–Crippen LogP) is 4.69. The molecule has 0 bridgehead atoms. The van der Waals surface area contributed by atoms with Gasteiger partial charge in [-0.1, -0.05) is 0 Å². The molecular weight excluding hydrogens is 424 g/mol. The van der Waals surface area contributed by atoms with Gasteiger partial charge in [0, 0.05) is 11.8 Å². The highest BCUT2D eigenvalue weighted by molar-refractivity contribution is 5.95. The first-order valence-electron chi connectivity index (χ1n) is 7.97. The molecule has 0 aliphatic rings. The van der Waals surface area contributed by atoms with E-state index >= 15 is 0 Å². The molecule has 0 saturated carbocycles. The van der Waals surface area contributed by atoms with Crippen molar-refractivity contribution >= 4 is 23.0 Å². The summed E-state index contributed by atoms with van der Waals surface area (Å²) in [5.41, 5.74) is -3.92. The lowest BCUT2D eigenvalue weighted by atomic mass is 10.1. The SMILES string of the molecule is COc1cc([N+](=O)[O-])ccc1NC(=O)CNc1cc(C(F)(F)F)cc(C(F)(F)F)c1. The van der Waals surface area contributed by atoms with Crippen LogP contribution in [0.25, 0.3) is 0 Å². The molecule has 0 radical (unpaired) electrons. The molecule has 0 spiro atoms. The highest BCUT2D eigenvalue weighted by Gasteiger charge is 2.37. The van der Waals surface area contributed by atoms with Crippen molar-refractivity contribution in [3.63, 3.8) is 0 Å². The number of non-ortho nitro benzene ring substituents is 1. The van der Waals surface area contributed by atoms with Gasteiger partial charge in [-0.25, -0.2) is 0 Å². The molecule has 2 aromatic carbocycles. The second kappa shape index (κ2) is 8.47. The summed E-state index contributed by atoms with van der Waals surface area (Å²) in [5.74, 6) is -0.899. The maximum Gasteiger partial charge on any atom is 0.416 e. The van der Waals surface area contributed by atoms with Crippen LogP contribution in [0.1, 0.15) is 11.1 Å². The molecule has 0 aliphatic heterocycles. The first-order chi connectivity index (χ1) is 13.8. The van der Waals surface area contributed by atoms with Crippen molar-refractivity contribution < 1.29 is 40.8 Å². The summed E-state index contributed by atoms with van der Waals surface area (Å²) in [6.45, 7) is -0.682. The second-order valence-corrected chi connectivity index (χ2v) is 5.84. The fourth-order valence-corrected chi connectivity index (χ4v) is 2.33. The van der Waals surface area contributed by atoms with Gasteiger partial charge in [0.2, 0.25) is 5.91 Å². The molecule has 7 nitrogen and oxygen atoms in total. The topological polar surface area (TPSA) is 93.5 Å². The number of alkyl halides is 6. The third kappa shape index (κ3) is 5.75. The Hall–Kier alpha value is -3.51. The van der Waals surface area contributed by atoms with Crippen LogP contribution in [-0.2, 0) is 17.1 Å². The van der Waals surface area contributed by atoms with Crippen LogP contribution in [0, 0.1) is 10.1 Å². The van der Waals surface area contributed by atoms with Gasteiger partial charge in [-0.3, -0.25) is 14.9 Å². The molecule has 2 N–H and O–H groups in total. The zero-order valence-electron chi connectivity index (χ0n) is 15.0.